The SMILES string of the molecule is c1ccc(-c2ccc(-c3cc(-c4cccc(-c5cccc(-c6nc(-c7ccccc7)nc(-c7cc(-c8ccccc8)cc(-c8ccccc8)c7)n6)c5)c4)nc(-c4ccccc4)n3)cc2)cc1. The first-order chi connectivity index (χ1) is 32.7. The maximum absolute atomic E-state index is 5.23. The maximum Gasteiger partial charge on any atom is 0.164 e. The first kappa shape index (κ1) is 39.9. The summed E-state index contributed by atoms with van der Waals surface area (Å²) in [6, 6.07) is 85.9. The fraction of sp³-hybridized carbons (Fsp3) is 0. The Kier molecular flexibility index (Phi) is 10.9. The standard InChI is InChI=1S/C61H41N5/c1-6-18-42(19-7-1)45-32-34-46(35-33-45)56-41-57(63-58(62-56)47-24-12-4-13-25-47)51-30-16-28-49(36-51)50-29-17-31-52(37-50)60-64-59(48-26-14-5-15-27-48)65-61(66-60)55-39-53(43-20-8-2-9-21-43)38-54(40-55)44-22-10-3-11-23-44/h1-41H. The van der Waals surface area contributed by atoms with Crippen molar-refractivity contribution in [3.8, 4) is 113 Å². The fourth-order valence-corrected chi connectivity index (χ4v) is 8.32. The van der Waals surface area contributed by atoms with Crippen molar-refractivity contribution in [1.82, 2.24) is 24.9 Å². The molecule has 0 atom stereocenters. The van der Waals surface area contributed by atoms with Crippen LogP contribution in [0.25, 0.3) is 113 Å². The first-order valence-electron chi connectivity index (χ1n) is 22.1. The van der Waals surface area contributed by atoms with E-state index in [1.807, 2.05) is 66.7 Å². The number of hydrogen-bond acceptors (Lipinski definition) is 5. The third-order valence-corrected chi connectivity index (χ3v) is 11.7. The van der Waals surface area contributed by atoms with Crippen LogP contribution < -0.4 is 0 Å². The zero-order valence-corrected chi connectivity index (χ0v) is 35.9. The van der Waals surface area contributed by atoms with Gasteiger partial charge in [0.25, 0.3) is 0 Å². The predicted molar refractivity (Wildman–Crippen MR) is 270 cm³/mol. The Labute approximate surface area is 384 Å². The van der Waals surface area contributed by atoms with Crippen LogP contribution in [-0.2, 0) is 0 Å². The fourth-order valence-electron chi connectivity index (χ4n) is 8.32. The van der Waals surface area contributed by atoms with E-state index in [1.54, 1.807) is 0 Å². The third kappa shape index (κ3) is 8.57. The zero-order valence-electron chi connectivity index (χ0n) is 35.9. The van der Waals surface area contributed by atoms with Crippen molar-refractivity contribution in [2.24, 2.45) is 0 Å². The van der Waals surface area contributed by atoms with Gasteiger partial charge in [0.2, 0.25) is 0 Å². The van der Waals surface area contributed by atoms with Gasteiger partial charge >= 0.3 is 0 Å². The Morgan fingerprint density at radius 3 is 0.939 bits per heavy atom. The molecule has 0 bridgehead atoms. The molecule has 5 heteroatoms. The molecule has 0 spiro atoms. The van der Waals surface area contributed by atoms with Crippen molar-refractivity contribution in [2.45, 2.75) is 0 Å². The van der Waals surface area contributed by atoms with Crippen LogP contribution in [0.5, 0.6) is 0 Å². The van der Waals surface area contributed by atoms with E-state index in [-0.39, 0.29) is 0 Å². The summed E-state index contributed by atoms with van der Waals surface area (Å²) in [7, 11) is 0. The number of hydrogen-bond donors (Lipinski definition) is 0. The van der Waals surface area contributed by atoms with Crippen LogP contribution in [0.3, 0.4) is 0 Å². The van der Waals surface area contributed by atoms with Gasteiger partial charge in [-0.05, 0) is 80.9 Å². The molecule has 2 aromatic heterocycles. The highest BCUT2D eigenvalue weighted by atomic mass is 15.0. The molecule has 0 saturated carbocycles. The predicted octanol–water partition coefficient (Wildman–Crippen LogP) is 15.3. The summed E-state index contributed by atoms with van der Waals surface area (Å²) < 4.78 is 0. The van der Waals surface area contributed by atoms with Gasteiger partial charge in [-0.15, -0.1) is 0 Å². The van der Waals surface area contributed by atoms with Gasteiger partial charge in [-0.3, -0.25) is 0 Å². The Bertz CT molecular complexity index is 3370. The maximum atomic E-state index is 5.23. The van der Waals surface area contributed by atoms with E-state index in [1.165, 1.54) is 5.56 Å². The largest absolute Gasteiger partial charge is 0.228 e. The molecule has 2 heterocycles. The van der Waals surface area contributed by atoms with Crippen molar-refractivity contribution in [3.05, 3.63) is 249 Å². The molecule has 11 aromatic rings. The Morgan fingerprint density at radius 2 is 0.439 bits per heavy atom. The lowest BCUT2D eigenvalue weighted by molar-refractivity contribution is 1.07. The second kappa shape index (κ2) is 18.0. The van der Waals surface area contributed by atoms with Gasteiger partial charge in [-0.25, -0.2) is 24.9 Å². The van der Waals surface area contributed by atoms with E-state index in [0.717, 1.165) is 83.7 Å². The summed E-state index contributed by atoms with van der Waals surface area (Å²) in [6.07, 6.45) is 0. The molecule has 0 aliphatic rings. The first-order valence-corrected chi connectivity index (χ1v) is 22.1. The quantitative estimate of drug-likeness (QED) is 0.137. The molecule has 0 aliphatic heterocycles. The van der Waals surface area contributed by atoms with Gasteiger partial charge in [0.15, 0.2) is 23.3 Å². The number of aromatic nitrogens is 5. The van der Waals surface area contributed by atoms with E-state index >= 15 is 0 Å². The molecular weight excluding hydrogens is 803 g/mol. The number of nitrogens with zero attached hydrogens (tertiary/aromatic N) is 5. The Hall–Kier alpha value is -8.93. The van der Waals surface area contributed by atoms with Crippen molar-refractivity contribution >= 4 is 0 Å². The Morgan fingerprint density at radius 1 is 0.152 bits per heavy atom. The average Bonchev–Trinajstić information content (AvgIpc) is 3.42. The van der Waals surface area contributed by atoms with Crippen molar-refractivity contribution < 1.29 is 0 Å². The van der Waals surface area contributed by atoms with E-state index < -0.39 is 0 Å². The minimum atomic E-state index is 0.592. The van der Waals surface area contributed by atoms with Gasteiger partial charge < -0.3 is 0 Å². The molecule has 0 N–H and O–H groups in total. The van der Waals surface area contributed by atoms with Crippen molar-refractivity contribution in [2.75, 3.05) is 0 Å². The van der Waals surface area contributed by atoms with Crippen LogP contribution >= 0.6 is 0 Å². The smallest absolute Gasteiger partial charge is 0.164 e. The van der Waals surface area contributed by atoms with Crippen molar-refractivity contribution in [3.63, 3.8) is 0 Å². The molecule has 0 fully saturated rings. The normalized spacial score (nSPS) is 11.0. The molecule has 310 valence electrons. The molecule has 0 aliphatic carbocycles. The lowest BCUT2D eigenvalue weighted by Crippen LogP contribution is -2.00. The van der Waals surface area contributed by atoms with Crippen LogP contribution in [0, 0.1) is 0 Å². The van der Waals surface area contributed by atoms with E-state index in [0.29, 0.717) is 23.3 Å². The highest BCUT2D eigenvalue weighted by molar-refractivity contribution is 5.82. The Balaban J connectivity index is 0.992. The summed E-state index contributed by atoms with van der Waals surface area (Å²) in [6.45, 7) is 0. The highest BCUT2D eigenvalue weighted by Crippen LogP contribution is 2.36. The topological polar surface area (TPSA) is 64.5 Å². The molecule has 5 nitrogen and oxygen atoms in total. The van der Waals surface area contributed by atoms with Gasteiger partial charge in [-0.1, -0.05) is 212 Å². The van der Waals surface area contributed by atoms with Crippen LogP contribution in [0.2, 0.25) is 0 Å². The van der Waals surface area contributed by atoms with Crippen molar-refractivity contribution in [1.29, 1.82) is 0 Å². The zero-order chi connectivity index (χ0) is 44.1. The van der Waals surface area contributed by atoms with Crippen LogP contribution in [0.4, 0.5) is 0 Å². The molecule has 0 radical (unpaired) electrons. The minimum Gasteiger partial charge on any atom is -0.228 e. The molecule has 9 aromatic carbocycles. The molecule has 0 amide bonds. The summed E-state index contributed by atoms with van der Waals surface area (Å²) in [5, 5.41) is 0. The number of rotatable bonds is 10. The lowest BCUT2D eigenvalue weighted by atomic mass is 9.96. The molecule has 0 saturated heterocycles. The second-order valence-corrected chi connectivity index (χ2v) is 16.1. The average molecular weight is 844 g/mol. The molecule has 11 rings (SSSR count). The monoisotopic (exact) mass is 843 g/mol. The van der Waals surface area contributed by atoms with E-state index in [9.17, 15) is 0 Å². The van der Waals surface area contributed by atoms with E-state index in [4.69, 9.17) is 24.9 Å². The lowest BCUT2D eigenvalue weighted by Gasteiger charge is -2.13. The third-order valence-electron chi connectivity index (χ3n) is 11.7. The summed E-state index contributed by atoms with van der Waals surface area (Å²) in [4.78, 5) is 25.7. The number of benzene rings is 9. The molecule has 66 heavy (non-hydrogen) atoms. The molecule has 0 unspecified atom stereocenters. The van der Waals surface area contributed by atoms with Crippen LogP contribution in [-0.4, -0.2) is 24.9 Å². The van der Waals surface area contributed by atoms with Gasteiger partial charge in [-0.2, -0.15) is 0 Å². The second-order valence-electron chi connectivity index (χ2n) is 16.1. The van der Waals surface area contributed by atoms with E-state index in [2.05, 4.69) is 182 Å². The summed E-state index contributed by atoms with van der Waals surface area (Å²) in [5.41, 5.74) is 16.2. The highest BCUT2D eigenvalue weighted by Gasteiger charge is 2.17. The van der Waals surface area contributed by atoms with Crippen LogP contribution in [0.1, 0.15) is 0 Å². The minimum absolute atomic E-state index is 0.592. The van der Waals surface area contributed by atoms with Gasteiger partial charge in [0, 0.05) is 33.4 Å². The van der Waals surface area contributed by atoms with Gasteiger partial charge in [0.1, 0.15) is 0 Å². The van der Waals surface area contributed by atoms with Gasteiger partial charge in [0.05, 0.1) is 11.4 Å². The molecular formula is C61H41N5. The van der Waals surface area contributed by atoms with Crippen LogP contribution in [0.15, 0.2) is 249 Å². The summed E-state index contributed by atoms with van der Waals surface area (Å²) >= 11 is 0. The summed E-state index contributed by atoms with van der Waals surface area (Å²) in [5.74, 6) is 2.48.